The van der Waals surface area contributed by atoms with Crippen molar-refractivity contribution in [2.75, 3.05) is 0 Å². The molecule has 1 amide bonds. The second kappa shape index (κ2) is 4.22. The summed E-state index contributed by atoms with van der Waals surface area (Å²) in [5, 5.41) is 4.30. The Balaban J connectivity index is 1.67. The Bertz CT molecular complexity index is 563. The molecule has 3 aliphatic rings. The van der Waals surface area contributed by atoms with Gasteiger partial charge in [0.25, 0.3) is 0 Å². The number of hydrogen-bond acceptors (Lipinski definition) is 2. The lowest BCUT2D eigenvalue weighted by Gasteiger charge is -2.42. The summed E-state index contributed by atoms with van der Waals surface area (Å²) in [7, 11) is 0. The van der Waals surface area contributed by atoms with Gasteiger partial charge in [0.05, 0.1) is 0 Å². The number of halogens is 1. The van der Waals surface area contributed by atoms with Crippen LogP contribution in [0.1, 0.15) is 44.3 Å². The van der Waals surface area contributed by atoms with Crippen molar-refractivity contribution in [2.24, 2.45) is 5.92 Å². The van der Waals surface area contributed by atoms with Gasteiger partial charge in [-0.15, -0.1) is 0 Å². The molecule has 3 nitrogen and oxygen atoms in total. The van der Waals surface area contributed by atoms with Gasteiger partial charge >= 0.3 is 0 Å². The number of rotatable bonds is 2. The lowest BCUT2D eigenvalue weighted by Crippen LogP contribution is -2.47. The fraction of sp³-hybridized carbons (Fsp3) is 0.562. The van der Waals surface area contributed by atoms with Crippen LogP contribution < -0.4 is 5.32 Å². The van der Waals surface area contributed by atoms with Gasteiger partial charge in [0.2, 0.25) is 5.91 Å². The van der Waals surface area contributed by atoms with Crippen LogP contribution in [-0.4, -0.2) is 22.4 Å². The van der Waals surface area contributed by atoms with E-state index in [9.17, 15) is 4.79 Å². The second-order valence-electron chi connectivity index (χ2n) is 6.63. The zero-order chi connectivity index (χ0) is 13.9. The Morgan fingerprint density at radius 3 is 2.70 bits per heavy atom. The monoisotopic (exact) mass is 290 g/mol. The SMILES string of the molecule is CC1CC(N2C(=O)C3(CC3)NC2c2cccc(Cl)c2)C1. The lowest BCUT2D eigenvalue weighted by molar-refractivity contribution is -0.135. The van der Waals surface area contributed by atoms with Crippen molar-refractivity contribution in [1.29, 1.82) is 0 Å². The van der Waals surface area contributed by atoms with Gasteiger partial charge in [-0.1, -0.05) is 30.7 Å². The highest BCUT2D eigenvalue weighted by atomic mass is 35.5. The third-order valence-electron chi connectivity index (χ3n) is 4.99. The molecule has 1 unspecified atom stereocenters. The van der Waals surface area contributed by atoms with E-state index in [1.54, 1.807) is 0 Å². The van der Waals surface area contributed by atoms with Crippen molar-refractivity contribution in [3.05, 3.63) is 34.9 Å². The average molecular weight is 291 g/mol. The Morgan fingerprint density at radius 2 is 2.10 bits per heavy atom. The van der Waals surface area contributed by atoms with Gasteiger partial charge in [-0.3, -0.25) is 10.1 Å². The summed E-state index contributed by atoms with van der Waals surface area (Å²) >= 11 is 6.11. The van der Waals surface area contributed by atoms with Gasteiger partial charge in [0, 0.05) is 11.1 Å². The molecular formula is C16H19ClN2O. The number of benzene rings is 1. The Kier molecular flexibility index (Phi) is 2.67. The molecule has 1 aromatic carbocycles. The summed E-state index contributed by atoms with van der Waals surface area (Å²) in [4.78, 5) is 14.8. The van der Waals surface area contributed by atoms with Gasteiger partial charge < -0.3 is 4.90 Å². The minimum absolute atomic E-state index is 0.00111. The smallest absolute Gasteiger partial charge is 0.244 e. The van der Waals surface area contributed by atoms with Crippen LogP contribution in [0.5, 0.6) is 0 Å². The summed E-state index contributed by atoms with van der Waals surface area (Å²) < 4.78 is 0. The maximum absolute atomic E-state index is 12.7. The van der Waals surface area contributed by atoms with Crippen LogP contribution in [0.3, 0.4) is 0 Å². The van der Waals surface area contributed by atoms with Crippen LogP contribution in [0.25, 0.3) is 0 Å². The summed E-state index contributed by atoms with van der Waals surface area (Å²) in [6, 6.07) is 8.28. The highest BCUT2D eigenvalue weighted by Crippen LogP contribution is 2.49. The average Bonchev–Trinajstić information content (AvgIpc) is 3.10. The summed E-state index contributed by atoms with van der Waals surface area (Å²) in [6.07, 6.45) is 4.20. The molecule has 0 aromatic heterocycles. The molecule has 1 N–H and O–H groups in total. The van der Waals surface area contributed by atoms with Crippen molar-refractivity contribution < 1.29 is 4.79 Å². The third-order valence-corrected chi connectivity index (χ3v) is 5.23. The first kappa shape index (κ1) is 12.7. The molecule has 1 atom stereocenters. The highest BCUT2D eigenvalue weighted by Gasteiger charge is 2.61. The van der Waals surface area contributed by atoms with Crippen LogP contribution in [0, 0.1) is 5.92 Å². The fourth-order valence-corrected chi connectivity index (χ4v) is 3.82. The van der Waals surface area contributed by atoms with Crippen LogP contribution in [-0.2, 0) is 4.79 Å². The molecule has 0 bridgehead atoms. The third kappa shape index (κ3) is 1.80. The molecule has 106 valence electrons. The van der Waals surface area contributed by atoms with Gasteiger partial charge in [-0.25, -0.2) is 0 Å². The first-order valence-corrected chi connectivity index (χ1v) is 7.83. The van der Waals surface area contributed by atoms with Gasteiger partial charge in [-0.05, 0) is 49.3 Å². The molecule has 1 aliphatic heterocycles. The summed E-state index contributed by atoms with van der Waals surface area (Å²) in [5.41, 5.74) is 0.848. The Morgan fingerprint density at radius 1 is 1.35 bits per heavy atom. The molecule has 4 rings (SSSR count). The van der Waals surface area contributed by atoms with Crippen LogP contribution in [0.4, 0.5) is 0 Å². The number of nitrogens with one attached hydrogen (secondary N) is 1. The van der Waals surface area contributed by atoms with Gasteiger partial charge in [0.15, 0.2) is 0 Å². The van der Waals surface area contributed by atoms with Crippen LogP contribution in [0.2, 0.25) is 5.02 Å². The first-order valence-electron chi connectivity index (χ1n) is 7.45. The predicted molar refractivity (Wildman–Crippen MR) is 78.3 cm³/mol. The lowest BCUT2D eigenvalue weighted by atomic mass is 9.80. The van der Waals surface area contributed by atoms with Crippen LogP contribution in [0.15, 0.2) is 24.3 Å². The van der Waals surface area contributed by atoms with Crippen LogP contribution >= 0.6 is 11.6 Å². The molecule has 1 aromatic rings. The molecule has 3 fully saturated rings. The minimum atomic E-state index is -0.258. The zero-order valence-electron chi connectivity index (χ0n) is 11.6. The number of amides is 1. The quantitative estimate of drug-likeness (QED) is 0.908. The normalized spacial score (nSPS) is 34.4. The van der Waals surface area contributed by atoms with E-state index in [0.29, 0.717) is 11.9 Å². The molecule has 20 heavy (non-hydrogen) atoms. The summed E-state index contributed by atoms with van der Waals surface area (Å²) in [6.45, 7) is 2.26. The van der Waals surface area contributed by atoms with Gasteiger partial charge in [0.1, 0.15) is 11.7 Å². The molecule has 2 saturated carbocycles. The van der Waals surface area contributed by atoms with E-state index >= 15 is 0 Å². The van der Waals surface area contributed by atoms with E-state index in [-0.39, 0.29) is 11.7 Å². The topological polar surface area (TPSA) is 32.3 Å². The Hall–Kier alpha value is -1.06. The van der Waals surface area contributed by atoms with E-state index in [1.165, 1.54) is 0 Å². The van der Waals surface area contributed by atoms with Crippen molar-refractivity contribution in [3.63, 3.8) is 0 Å². The van der Waals surface area contributed by atoms with Crippen molar-refractivity contribution >= 4 is 17.5 Å². The van der Waals surface area contributed by atoms with E-state index in [4.69, 9.17) is 11.6 Å². The van der Waals surface area contributed by atoms with E-state index < -0.39 is 0 Å². The van der Waals surface area contributed by atoms with Crippen molar-refractivity contribution in [1.82, 2.24) is 10.2 Å². The number of nitrogens with zero attached hydrogens (tertiary/aromatic N) is 1. The molecular weight excluding hydrogens is 272 g/mol. The first-order chi connectivity index (χ1) is 9.59. The zero-order valence-corrected chi connectivity index (χ0v) is 12.4. The maximum Gasteiger partial charge on any atom is 0.244 e. The highest BCUT2D eigenvalue weighted by molar-refractivity contribution is 6.30. The molecule has 2 aliphatic carbocycles. The van der Waals surface area contributed by atoms with E-state index in [2.05, 4.69) is 23.2 Å². The second-order valence-corrected chi connectivity index (χ2v) is 7.06. The van der Waals surface area contributed by atoms with E-state index in [1.807, 2.05) is 18.2 Å². The number of hydrogen-bond donors (Lipinski definition) is 1. The number of carbonyl (C=O) groups excluding carboxylic acids is 1. The van der Waals surface area contributed by atoms with Crippen molar-refractivity contribution in [3.8, 4) is 0 Å². The Labute approximate surface area is 124 Å². The van der Waals surface area contributed by atoms with Crippen molar-refractivity contribution in [2.45, 2.75) is 50.4 Å². The summed E-state index contributed by atoms with van der Waals surface area (Å²) in [5.74, 6) is 1.04. The molecule has 1 spiro atoms. The maximum atomic E-state index is 12.7. The predicted octanol–water partition coefficient (Wildman–Crippen LogP) is 3.10. The molecule has 1 saturated heterocycles. The minimum Gasteiger partial charge on any atom is -0.318 e. The largest absolute Gasteiger partial charge is 0.318 e. The molecule has 0 radical (unpaired) electrons. The standard InChI is InChI=1S/C16H19ClN2O/c1-10-7-13(8-10)19-14(11-3-2-4-12(17)9-11)18-16(5-6-16)15(19)20/h2-4,9-10,13-14,18H,5-8H2,1H3. The van der Waals surface area contributed by atoms with E-state index in [0.717, 1.165) is 42.2 Å². The van der Waals surface area contributed by atoms with Gasteiger partial charge in [-0.2, -0.15) is 0 Å². The fourth-order valence-electron chi connectivity index (χ4n) is 3.62. The number of carbonyl (C=O) groups is 1. The molecule has 4 heteroatoms. The molecule has 1 heterocycles.